The maximum atomic E-state index is 13.0. The molecule has 0 saturated carbocycles. The Kier molecular flexibility index (Phi) is 5.64. The first-order valence-corrected chi connectivity index (χ1v) is 8.16. The Balaban J connectivity index is 2.17. The van der Waals surface area contributed by atoms with E-state index in [1.54, 1.807) is 4.90 Å². The first kappa shape index (κ1) is 17.3. The number of ether oxygens (including phenoxy) is 1. The van der Waals surface area contributed by atoms with Crippen LogP contribution < -0.4 is 4.90 Å². The van der Waals surface area contributed by atoms with E-state index in [1.807, 2.05) is 49.9 Å². The van der Waals surface area contributed by atoms with Crippen molar-refractivity contribution < 1.29 is 14.3 Å². The SMILES string of the molecule is COC(=O)N1CCCC(C(=O)N(c2ccc(C)cc2)C(C)C)C1. The van der Waals surface area contributed by atoms with E-state index in [4.69, 9.17) is 4.74 Å². The normalized spacial score (nSPS) is 18.0. The van der Waals surface area contributed by atoms with Crippen LogP contribution in [0.1, 0.15) is 32.3 Å². The van der Waals surface area contributed by atoms with E-state index in [9.17, 15) is 9.59 Å². The molecule has 1 atom stereocenters. The van der Waals surface area contributed by atoms with E-state index in [-0.39, 0.29) is 24.0 Å². The lowest BCUT2D eigenvalue weighted by molar-refractivity contribution is -0.124. The van der Waals surface area contributed by atoms with E-state index in [0.29, 0.717) is 13.1 Å². The molecule has 0 spiro atoms. The number of carbonyl (C=O) groups is 2. The molecular formula is C18H26N2O3. The molecule has 1 fully saturated rings. The molecule has 126 valence electrons. The minimum absolute atomic E-state index is 0.0682. The van der Waals surface area contributed by atoms with Crippen LogP contribution in [0.2, 0.25) is 0 Å². The molecule has 1 aliphatic heterocycles. The number of anilines is 1. The van der Waals surface area contributed by atoms with Gasteiger partial charge in [-0.25, -0.2) is 4.79 Å². The summed E-state index contributed by atoms with van der Waals surface area (Å²) in [6.45, 7) is 7.14. The van der Waals surface area contributed by atoms with E-state index >= 15 is 0 Å². The predicted octanol–water partition coefficient (Wildman–Crippen LogP) is 3.21. The van der Waals surface area contributed by atoms with Crippen LogP contribution in [0.25, 0.3) is 0 Å². The summed E-state index contributed by atoms with van der Waals surface area (Å²) in [6, 6.07) is 8.06. The van der Waals surface area contributed by atoms with Gasteiger partial charge >= 0.3 is 6.09 Å². The summed E-state index contributed by atoms with van der Waals surface area (Å²) in [7, 11) is 1.38. The van der Waals surface area contributed by atoms with Crippen LogP contribution in [0.3, 0.4) is 0 Å². The van der Waals surface area contributed by atoms with Gasteiger partial charge in [0, 0.05) is 24.8 Å². The lowest BCUT2D eigenvalue weighted by Gasteiger charge is -2.36. The fraction of sp³-hybridized carbons (Fsp3) is 0.556. The van der Waals surface area contributed by atoms with Crippen LogP contribution in [0.15, 0.2) is 24.3 Å². The van der Waals surface area contributed by atoms with E-state index in [1.165, 1.54) is 12.7 Å². The summed E-state index contributed by atoms with van der Waals surface area (Å²) in [4.78, 5) is 28.2. The van der Waals surface area contributed by atoms with Gasteiger partial charge in [-0.1, -0.05) is 17.7 Å². The van der Waals surface area contributed by atoms with Crippen molar-refractivity contribution in [3.8, 4) is 0 Å². The van der Waals surface area contributed by atoms with Crippen molar-refractivity contribution in [3.05, 3.63) is 29.8 Å². The molecule has 0 aliphatic carbocycles. The van der Waals surface area contributed by atoms with Crippen molar-refractivity contribution in [1.82, 2.24) is 4.90 Å². The highest BCUT2D eigenvalue weighted by atomic mass is 16.5. The van der Waals surface area contributed by atoms with Gasteiger partial charge in [-0.2, -0.15) is 0 Å². The first-order chi connectivity index (χ1) is 10.9. The number of amides is 2. The van der Waals surface area contributed by atoms with Gasteiger partial charge in [0.2, 0.25) is 5.91 Å². The molecule has 1 aromatic carbocycles. The van der Waals surface area contributed by atoms with Crippen LogP contribution in [0, 0.1) is 12.8 Å². The van der Waals surface area contributed by atoms with Gasteiger partial charge in [0.15, 0.2) is 0 Å². The molecule has 23 heavy (non-hydrogen) atoms. The minimum atomic E-state index is -0.353. The Hall–Kier alpha value is -2.04. The predicted molar refractivity (Wildman–Crippen MR) is 90.5 cm³/mol. The average Bonchev–Trinajstić information content (AvgIpc) is 2.55. The number of benzene rings is 1. The van der Waals surface area contributed by atoms with Gasteiger partial charge in [0.25, 0.3) is 0 Å². The molecule has 1 unspecified atom stereocenters. The first-order valence-electron chi connectivity index (χ1n) is 8.16. The van der Waals surface area contributed by atoms with Gasteiger partial charge in [0.05, 0.1) is 13.0 Å². The standard InChI is InChI=1S/C18H26N2O3/c1-13(2)20(16-9-7-14(3)8-10-16)17(21)15-6-5-11-19(12-15)18(22)23-4/h7-10,13,15H,5-6,11-12H2,1-4H3. The fourth-order valence-corrected chi connectivity index (χ4v) is 3.06. The van der Waals surface area contributed by atoms with Crippen molar-refractivity contribution in [2.24, 2.45) is 5.92 Å². The summed E-state index contributed by atoms with van der Waals surface area (Å²) in [5.74, 6) is -0.0935. The minimum Gasteiger partial charge on any atom is -0.453 e. The lowest BCUT2D eigenvalue weighted by atomic mass is 9.96. The average molecular weight is 318 g/mol. The van der Waals surface area contributed by atoms with E-state index in [0.717, 1.165) is 18.5 Å². The third-order valence-electron chi connectivity index (χ3n) is 4.27. The Morgan fingerprint density at radius 3 is 2.48 bits per heavy atom. The number of hydrogen-bond donors (Lipinski definition) is 0. The van der Waals surface area contributed by atoms with E-state index < -0.39 is 0 Å². The molecule has 1 saturated heterocycles. The second-order valence-electron chi connectivity index (χ2n) is 6.39. The Labute approximate surface area is 138 Å². The molecule has 2 amide bonds. The van der Waals surface area contributed by atoms with Crippen LogP contribution in [-0.2, 0) is 9.53 Å². The van der Waals surface area contributed by atoms with Crippen LogP contribution in [0.4, 0.5) is 10.5 Å². The highest BCUT2D eigenvalue weighted by molar-refractivity contribution is 5.96. The van der Waals surface area contributed by atoms with E-state index in [2.05, 4.69) is 0 Å². The van der Waals surface area contributed by atoms with Crippen molar-refractivity contribution in [2.75, 3.05) is 25.1 Å². The summed E-state index contributed by atoms with van der Waals surface area (Å²) >= 11 is 0. The largest absolute Gasteiger partial charge is 0.453 e. The molecule has 1 heterocycles. The summed E-state index contributed by atoms with van der Waals surface area (Å²) in [5.41, 5.74) is 2.07. The quantitative estimate of drug-likeness (QED) is 0.860. The van der Waals surface area contributed by atoms with Gasteiger partial charge in [0.1, 0.15) is 0 Å². The van der Waals surface area contributed by atoms with Crippen molar-refractivity contribution in [2.45, 2.75) is 39.7 Å². The highest BCUT2D eigenvalue weighted by Gasteiger charge is 2.33. The van der Waals surface area contributed by atoms with Crippen LogP contribution in [-0.4, -0.2) is 43.1 Å². The molecule has 1 aliphatic rings. The van der Waals surface area contributed by atoms with Crippen molar-refractivity contribution in [3.63, 3.8) is 0 Å². The topological polar surface area (TPSA) is 49.9 Å². The smallest absolute Gasteiger partial charge is 0.409 e. The second kappa shape index (κ2) is 7.49. The van der Waals surface area contributed by atoms with Gasteiger partial charge < -0.3 is 14.5 Å². The molecule has 0 radical (unpaired) electrons. The number of rotatable bonds is 3. The van der Waals surface area contributed by atoms with Gasteiger partial charge in [-0.15, -0.1) is 0 Å². The summed E-state index contributed by atoms with van der Waals surface area (Å²) in [5, 5.41) is 0. The van der Waals surface area contributed by atoms with Crippen LogP contribution in [0.5, 0.6) is 0 Å². The molecule has 0 N–H and O–H groups in total. The van der Waals surface area contributed by atoms with Gasteiger partial charge in [-0.3, -0.25) is 4.79 Å². The molecule has 0 aromatic heterocycles. The lowest BCUT2D eigenvalue weighted by Crippen LogP contribution is -2.48. The number of nitrogens with zero attached hydrogens (tertiary/aromatic N) is 2. The zero-order valence-corrected chi connectivity index (χ0v) is 14.4. The number of aryl methyl sites for hydroxylation is 1. The Morgan fingerprint density at radius 2 is 1.91 bits per heavy atom. The highest BCUT2D eigenvalue weighted by Crippen LogP contribution is 2.25. The van der Waals surface area contributed by atoms with Crippen molar-refractivity contribution >= 4 is 17.7 Å². The third-order valence-corrected chi connectivity index (χ3v) is 4.27. The zero-order chi connectivity index (χ0) is 17.0. The molecule has 5 heteroatoms. The molecular weight excluding hydrogens is 292 g/mol. The summed E-state index contributed by atoms with van der Waals surface area (Å²) in [6.07, 6.45) is 1.28. The number of hydrogen-bond acceptors (Lipinski definition) is 3. The maximum absolute atomic E-state index is 13.0. The number of likely N-dealkylation sites (tertiary alicyclic amines) is 1. The summed E-state index contributed by atoms with van der Waals surface area (Å²) < 4.78 is 4.79. The Morgan fingerprint density at radius 1 is 1.26 bits per heavy atom. The molecule has 2 rings (SSSR count). The van der Waals surface area contributed by atoms with Gasteiger partial charge in [-0.05, 0) is 45.7 Å². The number of piperidine rings is 1. The molecule has 5 nitrogen and oxygen atoms in total. The van der Waals surface area contributed by atoms with Crippen molar-refractivity contribution in [1.29, 1.82) is 0 Å². The Bertz CT molecular complexity index is 554. The van der Waals surface area contributed by atoms with Crippen LogP contribution >= 0.6 is 0 Å². The molecule has 0 bridgehead atoms. The number of methoxy groups -OCH3 is 1. The monoisotopic (exact) mass is 318 g/mol. The zero-order valence-electron chi connectivity index (χ0n) is 14.4. The fourth-order valence-electron chi connectivity index (χ4n) is 3.06. The number of carbonyl (C=O) groups excluding carboxylic acids is 2. The maximum Gasteiger partial charge on any atom is 0.409 e. The second-order valence-corrected chi connectivity index (χ2v) is 6.39. The molecule has 1 aromatic rings. The third kappa shape index (κ3) is 4.03.